The fourth-order valence-electron chi connectivity index (χ4n) is 4.64. The van der Waals surface area contributed by atoms with Gasteiger partial charge in [-0.05, 0) is 109 Å². The molecule has 0 aliphatic rings. The number of hydrogen-bond acceptors (Lipinski definition) is 4. The van der Waals surface area contributed by atoms with Crippen molar-refractivity contribution in [3.05, 3.63) is 101 Å². The van der Waals surface area contributed by atoms with E-state index in [9.17, 15) is 9.18 Å². The Morgan fingerprint density at radius 3 is 2.55 bits per heavy atom. The lowest BCUT2D eigenvalue weighted by atomic mass is 9.93. The topological polar surface area (TPSA) is 47.6 Å². The summed E-state index contributed by atoms with van der Waals surface area (Å²) in [5.74, 6) is 0.247. The number of benzene rings is 4. The number of halogens is 1. The second kappa shape index (κ2) is 12.7. The predicted octanol–water partition coefficient (Wildman–Crippen LogP) is 7.78. The molecular weight excluding hydrogens is 477 g/mol. The Labute approximate surface area is 224 Å². The van der Waals surface area contributed by atoms with Gasteiger partial charge in [-0.25, -0.2) is 4.39 Å². The first-order valence-corrected chi connectivity index (χ1v) is 13.3. The van der Waals surface area contributed by atoms with Crippen molar-refractivity contribution in [2.75, 3.05) is 6.61 Å². The van der Waals surface area contributed by atoms with E-state index >= 15 is 0 Å². The van der Waals surface area contributed by atoms with E-state index in [1.807, 2.05) is 57.2 Å². The van der Waals surface area contributed by atoms with Crippen molar-refractivity contribution in [1.82, 2.24) is 5.32 Å². The molecule has 38 heavy (non-hydrogen) atoms. The third-order valence-electron chi connectivity index (χ3n) is 6.53. The molecule has 0 saturated heterocycles. The van der Waals surface area contributed by atoms with E-state index in [1.165, 1.54) is 6.07 Å². The number of carbonyl (C=O) groups is 1. The highest BCUT2D eigenvalue weighted by Gasteiger charge is 2.13. The van der Waals surface area contributed by atoms with Gasteiger partial charge in [0.2, 0.25) is 0 Å². The van der Waals surface area contributed by atoms with Crippen molar-refractivity contribution in [1.29, 1.82) is 0 Å². The van der Waals surface area contributed by atoms with Crippen molar-refractivity contribution < 1.29 is 18.7 Å². The zero-order valence-corrected chi connectivity index (χ0v) is 22.6. The summed E-state index contributed by atoms with van der Waals surface area (Å²) < 4.78 is 25.5. The minimum absolute atomic E-state index is 0.133. The third kappa shape index (κ3) is 6.99. The number of carbonyl (C=O) groups excluding carboxylic acids is 1. The van der Waals surface area contributed by atoms with E-state index in [0.717, 1.165) is 38.8 Å². The summed E-state index contributed by atoms with van der Waals surface area (Å²) in [6.07, 6.45) is 0.256. The van der Waals surface area contributed by atoms with Crippen LogP contribution in [0, 0.1) is 5.82 Å². The van der Waals surface area contributed by atoms with Gasteiger partial charge in [-0.3, -0.25) is 4.79 Å². The number of aryl methyl sites for hydroxylation is 1. The first kappa shape index (κ1) is 27.3. The number of hydrogen-bond donors (Lipinski definition) is 1. The number of fused-ring (bicyclic) bond motifs is 1. The van der Waals surface area contributed by atoms with Gasteiger partial charge < -0.3 is 14.8 Å². The maximum Gasteiger partial charge on any atom is 0.306 e. The van der Waals surface area contributed by atoms with Crippen molar-refractivity contribution in [2.45, 2.75) is 59.2 Å². The zero-order valence-electron chi connectivity index (χ0n) is 22.6. The number of esters is 1. The smallest absolute Gasteiger partial charge is 0.306 e. The lowest BCUT2D eigenvalue weighted by Gasteiger charge is -2.17. The molecule has 4 aromatic rings. The van der Waals surface area contributed by atoms with Crippen LogP contribution < -0.4 is 10.1 Å². The number of nitrogens with one attached hydrogen (secondary N) is 1. The molecule has 0 fully saturated rings. The van der Waals surface area contributed by atoms with Crippen LogP contribution in [0.4, 0.5) is 4.39 Å². The molecule has 0 heterocycles. The summed E-state index contributed by atoms with van der Waals surface area (Å²) in [6.45, 7) is 9.06. The van der Waals surface area contributed by atoms with E-state index < -0.39 is 0 Å². The van der Waals surface area contributed by atoms with Crippen molar-refractivity contribution in [2.24, 2.45) is 0 Å². The van der Waals surface area contributed by atoms with Gasteiger partial charge in [-0.1, -0.05) is 42.5 Å². The average Bonchev–Trinajstić information content (AvgIpc) is 2.91. The lowest BCUT2D eigenvalue weighted by Crippen LogP contribution is -2.18. The normalized spacial score (nSPS) is 12.1. The van der Waals surface area contributed by atoms with Crippen LogP contribution in [0.2, 0.25) is 0 Å². The van der Waals surface area contributed by atoms with Crippen molar-refractivity contribution in [3.63, 3.8) is 0 Å². The summed E-state index contributed by atoms with van der Waals surface area (Å²) in [6, 6.07) is 26.1. The predicted molar refractivity (Wildman–Crippen MR) is 152 cm³/mol. The van der Waals surface area contributed by atoms with Crippen molar-refractivity contribution >= 4 is 16.7 Å². The maximum absolute atomic E-state index is 14.7. The summed E-state index contributed by atoms with van der Waals surface area (Å²) in [5.41, 5.74) is 4.78. The molecule has 0 bridgehead atoms. The minimum Gasteiger partial charge on any atom is -0.494 e. The summed E-state index contributed by atoms with van der Waals surface area (Å²) in [5, 5.41) is 5.86. The molecule has 1 atom stereocenters. The molecule has 0 aliphatic heterocycles. The van der Waals surface area contributed by atoms with E-state index in [1.54, 1.807) is 0 Å². The molecule has 0 aliphatic carbocycles. The summed E-state index contributed by atoms with van der Waals surface area (Å²) in [4.78, 5) is 12.0. The molecule has 5 heteroatoms. The quantitative estimate of drug-likeness (QED) is 0.208. The SMILES string of the molecule is CCOc1cccc(C(C)NCc2cc(-c3ccc(F)c(CCC(=O)OC(C)C)c3)c3ccccc3c2)c1. The highest BCUT2D eigenvalue weighted by Crippen LogP contribution is 2.32. The molecule has 0 saturated carbocycles. The van der Waals surface area contributed by atoms with Crippen LogP contribution >= 0.6 is 0 Å². The first-order valence-electron chi connectivity index (χ1n) is 13.3. The molecule has 1 unspecified atom stereocenters. The van der Waals surface area contributed by atoms with Gasteiger partial charge in [0.15, 0.2) is 0 Å². The molecule has 0 amide bonds. The van der Waals surface area contributed by atoms with E-state index in [4.69, 9.17) is 9.47 Å². The largest absolute Gasteiger partial charge is 0.494 e. The van der Waals surface area contributed by atoms with Gasteiger partial charge in [0, 0.05) is 19.0 Å². The standard InChI is InChI=1S/C33H36FNO3/c1-5-37-29-11-8-10-25(20-29)23(4)35-21-24-17-26-9-6-7-12-30(26)31(18-24)27-13-15-32(34)28(19-27)14-16-33(36)38-22(2)3/h6-13,15,17-20,22-23,35H,5,14,16,21H2,1-4H3. The number of rotatable bonds is 11. The van der Waals surface area contributed by atoms with Crippen molar-refractivity contribution in [3.8, 4) is 16.9 Å². The molecular formula is C33H36FNO3. The minimum atomic E-state index is -0.316. The van der Waals surface area contributed by atoms with Crippen LogP contribution in [0.15, 0.2) is 78.9 Å². The molecule has 4 rings (SSSR count). The second-order valence-corrected chi connectivity index (χ2v) is 9.82. The third-order valence-corrected chi connectivity index (χ3v) is 6.53. The fraction of sp³-hybridized carbons (Fsp3) is 0.303. The summed E-state index contributed by atoms with van der Waals surface area (Å²) in [7, 11) is 0. The Hall–Kier alpha value is -3.70. The highest BCUT2D eigenvalue weighted by molar-refractivity contribution is 5.97. The second-order valence-electron chi connectivity index (χ2n) is 9.82. The van der Waals surface area contributed by atoms with Gasteiger partial charge >= 0.3 is 5.97 Å². The lowest BCUT2D eigenvalue weighted by molar-refractivity contribution is -0.147. The fourth-order valence-corrected chi connectivity index (χ4v) is 4.64. The zero-order chi connectivity index (χ0) is 27.1. The van der Waals surface area contributed by atoms with Gasteiger partial charge in [0.1, 0.15) is 11.6 Å². The van der Waals surface area contributed by atoms with Crippen LogP contribution in [-0.2, 0) is 22.5 Å². The highest BCUT2D eigenvalue weighted by atomic mass is 19.1. The Morgan fingerprint density at radius 2 is 1.76 bits per heavy atom. The Kier molecular flexibility index (Phi) is 9.14. The van der Waals surface area contributed by atoms with Crippen LogP contribution in [0.25, 0.3) is 21.9 Å². The molecule has 1 N–H and O–H groups in total. The Morgan fingerprint density at radius 1 is 0.947 bits per heavy atom. The number of ether oxygens (including phenoxy) is 2. The summed E-state index contributed by atoms with van der Waals surface area (Å²) >= 11 is 0. The van der Waals surface area contributed by atoms with E-state index in [0.29, 0.717) is 25.1 Å². The monoisotopic (exact) mass is 513 g/mol. The van der Waals surface area contributed by atoms with Gasteiger partial charge in [-0.15, -0.1) is 0 Å². The van der Waals surface area contributed by atoms with Crippen LogP contribution in [0.1, 0.15) is 56.8 Å². The molecule has 0 spiro atoms. The molecule has 4 aromatic carbocycles. The molecule has 198 valence electrons. The Bertz CT molecular complexity index is 1400. The van der Waals surface area contributed by atoms with Gasteiger partial charge in [-0.2, -0.15) is 0 Å². The molecule has 4 nitrogen and oxygen atoms in total. The average molecular weight is 514 g/mol. The molecule has 0 aromatic heterocycles. The van der Waals surface area contributed by atoms with E-state index in [2.05, 4.69) is 48.6 Å². The maximum atomic E-state index is 14.7. The van der Waals surface area contributed by atoms with Crippen LogP contribution in [-0.4, -0.2) is 18.7 Å². The first-order chi connectivity index (χ1) is 18.3. The molecule has 0 radical (unpaired) electrons. The van der Waals surface area contributed by atoms with Gasteiger partial charge in [0.05, 0.1) is 12.7 Å². The van der Waals surface area contributed by atoms with E-state index in [-0.39, 0.29) is 30.4 Å². The van der Waals surface area contributed by atoms with Crippen LogP contribution in [0.5, 0.6) is 5.75 Å². The van der Waals surface area contributed by atoms with Crippen LogP contribution in [0.3, 0.4) is 0 Å². The Balaban J connectivity index is 1.58. The van der Waals surface area contributed by atoms with Gasteiger partial charge in [0.25, 0.3) is 0 Å².